The van der Waals surface area contributed by atoms with Crippen molar-refractivity contribution in [3.8, 4) is 17.0 Å². The van der Waals surface area contributed by atoms with Gasteiger partial charge in [-0.1, -0.05) is 24.3 Å². The van der Waals surface area contributed by atoms with Crippen molar-refractivity contribution in [2.75, 3.05) is 31.1 Å². The van der Waals surface area contributed by atoms with Crippen LogP contribution < -0.4 is 15.4 Å². The zero-order valence-electron chi connectivity index (χ0n) is 22.9. The minimum Gasteiger partial charge on any atom is -0.477 e. The molecule has 0 atom stereocenters. The Balaban J connectivity index is 1.60. The number of nitrogens with two attached hydrogens (primary N) is 1. The van der Waals surface area contributed by atoms with Crippen LogP contribution in [0.3, 0.4) is 0 Å². The molecule has 2 aromatic carbocycles. The van der Waals surface area contributed by atoms with Crippen LogP contribution >= 0.6 is 0 Å². The van der Waals surface area contributed by atoms with Gasteiger partial charge in [0.2, 0.25) is 5.88 Å². The number of aromatic nitrogens is 1. The molecule has 1 amide bonds. The molecule has 0 aliphatic carbocycles. The van der Waals surface area contributed by atoms with Crippen LogP contribution in [0.15, 0.2) is 48.5 Å². The monoisotopic (exact) mass is 592 g/mol. The lowest BCUT2D eigenvalue weighted by molar-refractivity contribution is -0.143. The maximum atomic E-state index is 14.1. The number of hydrogen-bond donors (Lipinski definition) is 1. The molecule has 224 valence electrons. The zero-order chi connectivity index (χ0) is 30.2. The topological polar surface area (TPSA) is 71.7 Å². The maximum absolute atomic E-state index is 14.1. The number of benzene rings is 2. The van der Waals surface area contributed by atoms with Gasteiger partial charge in [-0.3, -0.25) is 4.79 Å². The molecule has 2 aliphatic heterocycles. The van der Waals surface area contributed by atoms with Gasteiger partial charge in [-0.2, -0.15) is 31.3 Å². The van der Waals surface area contributed by atoms with Gasteiger partial charge in [-0.05, 0) is 67.1 Å². The first-order valence-corrected chi connectivity index (χ1v) is 13.6. The average molecular weight is 593 g/mol. The van der Waals surface area contributed by atoms with E-state index in [9.17, 15) is 31.1 Å². The quantitative estimate of drug-likeness (QED) is 0.353. The molecule has 2 N–H and O–H groups in total. The summed E-state index contributed by atoms with van der Waals surface area (Å²) < 4.78 is 87.1. The van der Waals surface area contributed by atoms with Crippen molar-refractivity contribution in [2.24, 2.45) is 5.73 Å². The van der Waals surface area contributed by atoms with Crippen molar-refractivity contribution >= 4 is 11.7 Å². The number of halogens is 6. The number of ether oxygens (including phenoxy) is 1. The molecule has 1 saturated heterocycles. The van der Waals surface area contributed by atoms with Gasteiger partial charge in [0, 0.05) is 37.8 Å². The Bertz CT molecular complexity index is 1430. The molecule has 2 aliphatic rings. The third-order valence-electron chi connectivity index (χ3n) is 7.60. The summed E-state index contributed by atoms with van der Waals surface area (Å²) in [7, 11) is 0. The van der Waals surface area contributed by atoms with Gasteiger partial charge >= 0.3 is 12.4 Å². The van der Waals surface area contributed by atoms with E-state index < -0.39 is 35.9 Å². The van der Waals surface area contributed by atoms with Crippen LogP contribution in [-0.4, -0.2) is 48.1 Å². The zero-order valence-corrected chi connectivity index (χ0v) is 22.9. The van der Waals surface area contributed by atoms with E-state index in [1.807, 2.05) is 31.2 Å². The van der Waals surface area contributed by atoms with Crippen LogP contribution in [0.4, 0.5) is 32.2 Å². The molecule has 12 heteroatoms. The number of anilines is 1. The molecule has 0 spiro atoms. The molecule has 5 rings (SSSR count). The van der Waals surface area contributed by atoms with E-state index in [1.54, 1.807) is 6.07 Å². The van der Waals surface area contributed by atoms with Crippen LogP contribution in [0, 0.1) is 6.92 Å². The minimum atomic E-state index is -4.99. The molecular weight excluding hydrogens is 562 g/mol. The largest absolute Gasteiger partial charge is 0.477 e. The highest BCUT2D eigenvalue weighted by Gasteiger charge is 2.37. The predicted octanol–water partition coefficient (Wildman–Crippen LogP) is 6.45. The predicted molar refractivity (Wildman–Crippen MR) is 145 cm³/mol. The first kappa shape index (κ1) is 29.7. The number of fused-ring (bicyclic) bond motifs is 1. The number of nitrogens with zero attached hydrogens (tertiary/aromatic N) is 3. The lowest BCUT2D eigenvalue weighted by atomic mass is 9.95. The third kappa shape index (κ3) is 6.33. The van der Waals surface area contributed by atoms with E-state index in [4.69, 9.17) is 10.5 Å². The van der Waals surface area contributed by atoms with E-state index in [0.717, 1.165) is 24.0 Å². The summed E-state index contributed by atoms with van der Waals surface area (Å²) in [4.78, 5) is 22.1. The number of pyridine rings is 1. The first-order valence-electron chi connectivity index (χ1n) is 13.6. The molecule has 0 unspecified atom stereocenters. The lowest BCUT2D eigenvalue weighted by Gasteiger charge is -2.33. The Kier molecular flexibility index (Phi) is 8.10. The van der Waals surface area contributed by atoms with E-state index in [2.05, 4.69) is 9.88 Å². The highest BCUT2D eigenvalue weighted by Crippen LogP contribution is 2.39. The minimum absolute atomic E-state index is 0.0643. The number of carbonyl (C=O) groups excluding carboxylic acids is 1. The second-order valence-electron chi connectivity index (χ2n) is 10.7. The normalized spacial score (nSPS) is 17.0. The van der Waals surface area contributed by atoms with Gasteiger partial charge < -0.3 is 20.3 Å². The second-order valence-corrected chi connectivity index (χ2v) is 10.7. The van der Waals surface area contributed by atoms with Gasteiger partial charge in [0.05, 0.1) is 17.7 Å². The number of rotatable bonds is 4. The SMILES string of the molecule is Cc1ccccc1-c1cc(N2CCC(N)CC2)nc2c1C(=O)N(Cc1cc(C(F)(F)F)cc(C(F)(F)F)c1)CCCO2. The van der Waals surface area contributed by atoms with E-state index >= 15 is 0 Å². The molecule has 3 aromatic rings. The summed E-state index contributed by atoms with van der Waals surface area (Å²) in [5.74, 6) is 0.0931. The molecule has 3 heterocycles. The van der Waals surface area contributed by atoms with E-state index in [0.29, 0.717) is 43.0 Å². The Labute approximate surface area is 239 Å². The standard InChI is InChI=1S/C30H30F6N4O2/c1-18-5-2-3-6-23(18)24-16-25(39-10-7-22(37)8-11-39)38-27-26(24)28(41)40(9-4-12-42-27)17-19-13-20(29(31,32)33)15-21(14-19)30(34,35)36/h2-3,5-6,13-16,22H,4,7-12,17,37H2,1H3. The Morgan fingerprint density at radius 1 is 0.929 bits per heavy atom. The Morgan fingerprint density at radius 2 is 1.57 bits per heavy atom. The van der Waals surface area contributed by atoms with Crippen LogP contribution in [0.2, 0.25) is 0 Å². The summed E-state index contributed by atoms with van der Waals surface area (Å²) >= 11 is 0. The lowest BCUT2D eigenvalue weighted by Crippen LogP contribution is -2.40. The molecule has 0 saturated carbocycles. The fourth-order valence-electron chi connectivity index (χ4n) is 5.36. The number of hydrogen-bond acceptors (Lipinski definition) is 5. The van der Waals surface area contributed by atoms with Crippen molar-refractivity contribution in [1.29, 1.82) is 0 Å². The third-order valence-corrected chi connectivity index (χ3v) is 7.60. The summed E-state index contributed by atoms with van der Waals surface area (Å²) in [6.07, 6.45) is -8.15. The number of aryl methyl sites for hydroxylation is 1. The number of piperidine rings is 1. The van der Waals surface area contributed by atoms with E-state index in [-0.39, 0.29) is 42.3 Å². The van der Waals surface area contributed by atoms with Crippen molar-refractivity contribution in [2.45, 2.75) is 51.1 Å². The van der Waals surface area contributed by atoms with Gasteiger partial charge in [0.25, 0.3) is 5.91 Å². The molecule has 1 aromatic heterocycles. The molecule has 1 fully saturated rings. The highest BCUT2D eigenvalue weighted by molar-refractivity contribution is 6.04. The van der Waals surface area contributed by atoms with Crippen LogP contribution in [0.5, 0.6) is 5.88 Å². The fraction of sp³-hybridized carbons (Fsp3) is 0.400. The second kappa shape index (κ2) is 11.5. The molecule has 42 heavy (non-hydrogen) atoms. The first-order chi connectivity index (χ1) is 19.8. The van der Waals surface area contributed by atoms with Gasteiger partial charge in [-0.25, -0.2) is 0 Å². The number of carbonyl (C=O) groups is 1. The number of alkyl halides is 6. The summed E-state index contributed by atoms with van der Waals surface area (Å²) in [5.41, 5.74) is 5.20. The Morgan fingerprint density at radius 3 is 2.19 bits per heavy atom. The summed E-state index contributed by atoms with van der Waals surface area (Å²) in [5, 5.41) is 0. The maximum Gasteiger partial charge on any atom is 0.416 e. The van der Waals surface area contributed by atoms with Crippen molar-refractivity contribution < 1.29 is 35.9 Å². The molecule has 6 nitrogen and oxygen atoms in total. The number of amides is 1. The van der Waals surface area contributed by atoms with Gasteiger partial charge in [-0.15, -0.1) is 0 Å². The highest BCUT2D eigenvalue weighted by atomic mass is 19.4. The molecule has 0 radical (unpaired) electrons. The molecular formula is C30H30F6N4O2. The van der Waals surface area contributed by atoms with Gasteiger partial charge in [0.15, 0.2) is 0 Å². The van der Waals surface area contributed by atoms with Crippen molar-refractivity contribution in [3.05, 3.63) is 76.3 Å². The van der Waals surface area contributed by atoms with Crippen LogP contribution in [-0.2, 0) is 18.9 Å². The van der Waals surface area contributed by atoms with Crippen LogP contribution in [0.25, 0.3) is 11.1 Å². The fourth-order valence-corrected chi connectivity index (χ4v) is 5.36. The summed E-state index contributed by atoms with van der Waals surface area (Å²) in [6, 6.07) is 10.7. The van der Waals surface area contributed by atoms with Crippen molar-refractivity contribution in [1.82, 2.24) is 9.88 Å². The van der Waals surface area contributed by atoms with Gasteiger partial charge in [0.1, 0.15) is 11.4 Å². The molecule has 0 bridgehead atoms. The summed E-state index contributed by atoms with van der Waals surface area (Å²) in [6.45, 7) is 2.98. The Hall–Kier alpha value is -3.80. The van der Waals surface area contributed by atoms with Crippen molar-refractivity contribution in [3.63, 3.8) is 0 Å². The van der Waals surface area contributed by atoms with E-state index in [1.165, 1.54) is 4.90 Å². The smallest absolute Gasteiger partial charge is 0.416 e. The van der Waals surface area contributed by atoms with Crippen LogP contribution in [0.1, 0.15) is 51.9 Å². The average Bonchev–Trinajstić information content (AvgIpc) is 2.92.